The van der Waals surface area contributed by atoms with E-state index in [0.29, 0.717) is 0 Å². The molecule has 0 saturated heterocycles. The molecule has 2 aromatic carbocycles. The van der Waals surface area contributed by atoms with Crippen molar-refractivity contribution in [1.29, 1.82) is 0 Å². The minimum Gasteiger partial charge on any atom is -0.0963 e. The van der Waals surface area contributed by atoms with Gasteiger partial charge < -0.3 is 0 Å². The topological polar surface area (TPSA) is 0 Å². The van der Waals surface area contributed by atoms with E-state index in [1.165, 1.54) is 22.3 Å². The second-order valence-corrected chi connectivity index (χ2v) is 5.24. The molecule has 0 unspecified atom stereocenters. The van der Waals surface area contributed by atoms with Gasteiger partial charge in [0.15, 0.2) is 0 Å². The maximum Gasteiger partial charge on any atom is 0.113 e. The van der Waals surface area contributed by atoms with Gasteiger partial charge in [0.1, 0.15) is 15.7 Å². The van der Waals surface area contributed by atoms with Crippen LogP contribution in [-0.4, -0.2) is 15.7 Å². The molecule has 0 aromatic heterocycles. The van der Waals surface area contributed by atoms with Crippen LogP contribution in [0.4, 0.5) is 0 Å². The zero-order chi connectivity index (χ0) is 12.2. The van der Waals surface area contributed by atoms with Gasteiger partial charge in [-0.2, -0.15) is 0 Å². The molecule has 2 heteroatoms. The molecular formula is C15H12B2. The molecule has 78 valence electrons. The third kappa shape index (κ3) is 1.40. The summed E-state index contributed by atoms with van der Waals surface area (Å²) in [6.07, 6.45) is 0. The van der Waals surface area contributed by atoms with E-state index in [-0.39, 0.29) is 5.41 Å². The maximum atomic E-state index is 5.89. The summed E-state index contributed by atoms with van der Waals surface area (Å²) in [5, 5.41) is 0. The molecule has 17 heavy (non-hydrogen) atoms. The van der Waals surface area contributed by atoms with Crippen molar-refractivity contribution in [1.82, 2.24) is 0 Å². The lowest BCUT2D eigenvalue weighted by Gasteiger charge is -2.22. The Kier molecular flexibility index (Phi) is 2.07. The number of hydrogen-bond acceptors (Lipinski definition) is 0. The van der Waals surface area contributed by atoms with Crippen molar-refractivity contribution in [2.24, 2.45) is 0 Å². The molecule has 1 aliphatic rings. The van der Waals surface area contributed by atoms with Gasteiger partial charge in [0, 0.05) is 5.41 Å². The van der Waals surface area contributed by atoms with Crippen LogP contribution < -0.4 is 10.9 Å². The molecule has 1 aliphatic carbocycles. The van der Waals surface area contributed by atoms with Crippen LogP contribution in [0.3, 0.4) is 0 Å². The summed E-state index contributed by atoms with van der Waals surface area (Å²) >= 11 is 0. The molecule has 0 bridgehead atoms. The maximum absolute atomic E-state index is 5.89. The molecule has 0 atom stereocenters. The average molecular weight is 214 g/mol. The summed E-state index contributed by atoms with van der Waals surface area (Å²) in [7, 11) is 11.8. The van der Waals surface area contributed by atoms with Gasteiger partial charge in [0.2, 0.25) is 0 Å². The second-order valence-electron chi connectivity index (χ2n) is 5.24. The van der Waals surface area contributed by atoms with Gasteiger partial charge >= 0.3 is 0 Å². The van der Waals surface area contributed by atoms with E-state index in [9.17, 15) is 0 Å². The fourth-order valence-electron chi connectivity index (χ4n) is 2.77. The van der Waals surface area contributed by atoms with Gasteiger partial charge in [-0.1, -0.05) is 61.2 Å². The molecule has 2 aromatic rings. The van der Waals surface area contributed by atoms with E-state index in [0.717, 1.165) is 10.9 Å². The lowest BCUT2D eigenvalue weighted by Crippen LogP contribution is -2.19. The van der Waals surface area contributed by atoms with Gasteiger partial charge in [0.25, 0.3) is 0 Å². The highest BCUT2D eigenvalue weighted by Gasteiger charge is 2.34. The number of benzene rings is 2. The van der Waals surface area contributed by atoms with Crippen LogP contribution in [0.2, 0.25) is 0 Å². The molecule has 0 nitrogen and oxygen atoms in total. The first-order chi connectivity index (χ1) is 8.00. The first-order valence-electron chi connectivity index (χ1n) is 5.80. The van der Waals surface area contributed by atoms with Crippen molar-refractivity contribution in [2.75, 3.05) is 0 Å². The Bertz CT molecular complexity index is 559. The van der Waals surface area contributed by atoms with Gasteiger partial charge in [0.05, 0.1) is 0 Å². The highest BCUT2D eigenvalue weighted by molar-refractivity contribution is 6.33. The molecule has 0 N–H and O–H groups in total. The smallest absolute Gasteiger partial charge is 0.0963 e. The van der Waals surface area contributed by atoms with Crippen molar-refractivity contribution in [3.8, 4) is 11.1 Å². The fourth-order valence-corrected chi connectivity index (χ4v) is 2.77. The Morgan fingerprint density at radius 2 is 1.18 bits per heavy atom. The first-order valence-corrected chi connectivity index (χ1v) is 5.80. The third-order valence-corrected chi connectivity index (χ3v) is 3.72. The Hall–Kier alpha value is -1.43. The lowest BCUT2D eigenvalue weighted by atomic mass is 9.79. The standard InChI is InChI=1S/C15H12B2/c1-15(2)13-7-9(16)3-5-11(13)12-6-4-10(17)8-14(12)15/h3-8H,1-2H3. The number of fused-ring (bicyclic) bond motifs is 3. The highest BCUT2D eigenvalue weighted by atomic mass is 14.4. The van der Waals surface area contributed by atoms with Gasteiger partial charge in [-0.15, -0.1) is 0 Å². The van der Waals surface area contributed by atoms with Crippen molar-refractivity contribution < 1.29 is 0 Å². The summed E-state index contributed by atoms with van der Waals surface area (Å²) in [5.41, 5.74) is 6.75. The zero-order valence-corrected chi connectivity index (χ0v) is 10.1. The summed E-state index contributed by atoms with van der Waals surface area (Å²) in [5.74, 6) is 0. The van der Waals surface area contributed by atoms with Crippen LogP contribution >= 0.6 is 0 Å². The predicted molar refractivity (Wildman–Crippen MR) is 74.8 cm³/mol. The van der Waals surface area contributed by atoms with E-state index < -0.39 is 0 Å². The zero-order valence-electron chi connectivity index (χ0n) is 10.1. The molecule has 4 radical (unpaired) electrons. The van der Waals surface area contributed by atoms with Crippen molar-refractivity contribution in [3.05, 3.63) is 47.5 Å². The monoisotopic (exact) mass is 214 g/mol. The van der Waals surface area contributed by atoms with Crippen LogP contribution in [0.5, 0.6) is 0 Å². The Morgan fingerprint density at radius 3 is 1.59 bits per heavy atom. The third-order valence-electron chi connectivity index (χ3n) is 3.72. The van der Waals surface area contributed by atoms with Gasteiger partial charge in [-0.3, -0.25) is 0 Å². The summed E-state index contributed by atoms with van der Waals surface area (Å²) in [6.45, 7) is 4.44. The van der Waals surface area contributed by atoms with Crippen molar-refractivity contribution in [2.45, 2.75) is 19.3 Å². The van der Waals surface area contributed by atoms with Gasteiger partial charge in [-0.25, -0.2) is 0 Å². The van der Waals surface area contributed by atoms with Gasteiger partial charge in [-0.05, 0) is 22.3 Å². The van der Waals surface area contributed by atoms with Crippen LogP contribution in [0, 0.1) is 0 Å². The van der Waals surface area contributed by atoms with Crippen molar-refractivity contribution in [3.63, 3.8) is 0 Å². The summed E-state index contributed by atoms with van der Waals surface area (Å²) in [4.78, 5) is 0. The quantitative estimate of drug-likeness (QED) is 0.584. The van der Waals surface area contributed by atoms with Crippen LogP contribution in [0.25, 0.3) is 11.1 Å². The van der Waals surface area contributed by atoms with E-state index in [4.69, 9.17) is 15.7 Å². The molecule has 0 spiro atoms. The Morgan fingerprint density at radius 1 is 0.765 bits per heavy atom. The Balaban J connectivity index is 2.37. The average Bonchev–Trinajstić information content (AvgIpc) is 2.49. The van der Waals surface area contributed by atoms with E-state index >= 15 is 0 Å². The highest BCUT2D eigenvalue weighted by Crippen LogP contribution is 2.47. The van der Waals surface area contributed by atoms with Crippen LogP contribution in [0.15, 0.2) is 36.4 Å². The molecule has 0 heterocycles. The van der Waals surface area contributed by atoms with Crippen molar-refractivity contribution >= 4 is 26.6 Å². The molecule has 0 saturated carbocycles. The summed E-state index contributed by atoms with van der Waals surface area (Å²) in [6, 6.07) is 12.3. The minimum absolute atomic E-state index is 0.0184. The normalized spacial score (nSPS) is 15.4. The minimum atomic E-state index is -0.0184. The Labute approximate surface area is 105 Å². The molecular weight excluding hydrogens is 202 g/mol. The fraction of sp³-hybridized carbons (Fsp3) is 0.200. The first kappa shape index (κ1) is 10.7. The predicted octanol–water partition coefficient (Wildman–Crippen LogP) is 1.58. The number of rotatable bonds is 0. The van der Waals surface area contributed by atoms with E-state index in [1.54, 1.807) is 0 Å². The van der Waals surface area contributed by atoms with E-state index in [2.05, 4.69) is 38.1 Å². The SMILES string of the molecule is [B]c1ccc2c(c1)C(C)(C)c1cc([B])ccc1-2. The molecule has 0 aliphatic heterocycles. The van der Waals surface area contributed by atoms with Crippen LogP contribution in [-0.2, 0) is 5.41 Å². The second kappa shape index (κ2) is 3.29. The van der Waals surface area contributed by atoms with E-state index in [1.807, 2.05) is 12.1 Å². The summed E-state index contributed by atoms with van der Waals surface area (Å²) < 4.78 is 0. The molecule has 0 fully saturated rings. The largest absolute Gasteiger partial charge is 0.113 e. The number of hydrogen-bond donors (Lipinski definition) is 0. The van der Waals surface area contributed by atoms with Crippen LogP contribution in [0.1, 0.15) is 25.0 Å². The molecule has 3 rings (SSSR count). The lowest BCUT2D eigenvalue weighted by molar-refractivity contribution is 0.661. The molecule has 0 amide bonds.